The quantitative estimate of drug-likeness (QED) is 0.0955. The number of furan rings is 1. The number of hydrogen-bond donors (Lipinski definition) is 0. The van der Waals surface area contributed by atoms with Gasteiger partial charge < -0.3 is 13.6 Å². The van der Waals surface area contributed by atoms with Crippen molar-refractivity contribution in [3.63, 3.8) is 0 Å². The molecule has 6 heteroatoms. The molecule has 0 fully saturated rings. The first-order valence-electron chi connectivity index (χ1n) is 20.7. The van der Waals surface area contributed by atoms with Gasteiger partial charge in [-0.05, 0) is 76.2 Å². The van der Waals surface area contributed by atoms with Gasteiger partial charge in [0, 0.05) is 49.8 Å². The molecular formula is C56H34N4OSi. The largest absolute Gasteiger partial charge is 0.456 e. The van der Waals surface area contributed by atoms with Crippen LogP contribution in [0.4, 0.5) is 5.69 Å². The van der Waals surface area contributed by atoms with Gasteiger partial charge in [0.15, 0.2) is 13.8 Å². The predicted octanol–water partition coefficient (Wildman–Crippen LogP) is 11.6. The molecule has 0 aliphatic rings. The molecule has 1 unspecified atom stereocenters. The fourth-order valence-corrected chi connectivity index (χ4v) is 14.9. The third-order valence-corrected chi connectivity index (χ3v) is 17.4. The Bertz CT molecular complexity index is 3790. The van der Waals surface area contributed by atoms with Gasteiger partial charge in [-0.2, -0.15) is 5.26 Å². The van der Waals surface area contributed by atoms with E-state index in [1.54, 1.807) is 0 Å². The van der Waals surface area contributed by atoms with Crippen LogP contribution < -0.4 is 20.7 Å². The molecule has 0 aliphatic carbocycles. The molecule has 12 rings (SSSR count). The van der Waals surface area contributed by atoms with Crippen LogP contribution in [-0.2, 0) is 0 Å². The first-order valence-corrected chi connectivity index (χ1v) is 22.7. The van der Waals surface area contributed by atoms with E-state index in [2.05, 4.69) is 196 Å². The summed E-state index contributed by atoms with van der Waals surface area (Å²) in [5.41, 5.74) is 9.16. The van der Waals surface area contributed by atoms with E-state index in [-0.39, 0.29) is 0 Å². The molecule has 62 heavy (non-hydrogen) atoms. The minimum atomic E-state index is -3.28. The second-order valence-corrected chi connectivity index (χ2v) is 19.7. The Balaban J connectivity index is 1.14. The second kappa shape index (κ2) is 13.8. The number of nitriles is 1. The SMILES string of the molecule is [C-]#[N+]c1cccc([Si](c2ccccc2)(c2ccc(-n3c4ccccc4c4cc5c(cc43)oc3ccccc35)cc2)c2cc(C#N)cc(-n3c4ccccc4c4ccccc43)c2)c1. The average molecular weight is 807 g/mol. The van der Waals surface area contributed by atoms with Crippen molar-refractivity contribution in [1.82, 2.24) is 9.13 Å². The molecule has 0 amide bonds. The number of hydrogen-bond acceptors (Lipinski definition) is 2. The summed E-state index contributed by atoms with van der Waals surface area (Å²) in [5, 5.41) is 22.1. The van der Waals surface area contributed by atoms with Gasteiger partial charge in [0.25, 0.3) is 0 Å². The Labute approximate surface area is 358 Å². The summed E-state index contributed by atoms with van der Waals surface area (Å²) in [6.45, 7) is 8.11. The molecule has 0 radical (unpaired) electrons. The molecule has 0 spiro atoms. The summed E-state index contributed by atoms with van der Waals surface area (Å²) in [4.78, 5) is 3.93. The van der Waals surface area contributed by atoms with E-state index < -0.39 is 8.07 Å². The molecule has 9 aromatic carbocycles. The minimum Gasteiger partial charge on any atom is -0.456 e. The molecule has 288 valence electrons. The van der Waals surface area contributed by atoms with Crippen molar-refractivity contribution in [2.75, 3.05) is 0 Å². The monoisotopic (exact) mass is 806 g/mol. The van der Waals surface area contributed by atoms with Crippen LogP contribution in [0.3, 0.4) is 0 Å². The Morgan fingerprint density at radius 2 is 1.00 bits per heavy atom. The zero-order chi connectivity index (χ0) is 41.4. The molecule has 5 nitrogen and oxygen atoms in total. The molecule has 0 saturated heterocycles. The third-order valence-electron chi connectivity index (χ3n) is 12.7. The highest BCUT2D eigenvalue weighted by atomic mass is 28.3. The van der Waals surface area contributed by atoms with E-state index in [1.165, 1.54) is 10.8 Å². The van der Waals surface area contributed by atoms with Crippen LogP contribution in [0.5, 0.6) is 0 Å². The minimum absolute atomic E-state index is 0.576. The van der Waals surface area contributed by atoms with Crippen LogP contribution in [0.2, 0.25) is 0 Å². The summed E-state index contributed by atoms with van der Waals surface area (Å²) in [5.74, 6) is 0. The number of aromatic nitrogens is 2. The lowest BCUT2D eigenvalue weighted by Crippen LogP contribution is -2.74. The molecule has 3 aromatic heterocycles. The van der Waals surface area contributed by atoms with Crippen molar-refractivity contribution in [2.45, 2.75) is 0 Å². The maximum absolute atomic E-state index is 10.8. The fraction of sp³-hybridized carbons (Fsp3) is 0. The van der Waals surface area contributed by atoms with Crippen LogP contribution >= 0.6 is 0 Å². The van der Waals surface area contributed by atoms with Gasteiger partial charge in [0.1, 0.15) is 11.2 Å². The highest BCUT2D eigenvalue weighted by Crippen LogP contribution is 2.38. The number of para-hydroxylation sites is 4. The predicted molar refractivity (Wildman–Crippen MR) is 257 cm³/mol. The number of nitrogens with zero attached hydrogens (tertiary/aromatic N) is 4. The summed E-state index contributed by atoms with van der Waals surface area (Å²) in [7, 11) is -3.28. The fourth-order valence-electron chi connectivity index (χ4n) is 10.0. The highest BCUT2D eigenvalue weighted by molar-refractivity contribution is 7.20. The normalized spacial score (nSPS) is 12.6. The zero-order valence-electron chi connectivity index (χ0n) is 33.3. The number of benzene rings is 9. The van der Waals surface area contributed by atoms with Crippen LogP contribution in [0.25, 0.3) is 81.8 Å². The smallest absolute Gasteiger partial charge is 0.187 e. The van der Waals surface area contributed by atoms with Crippen molar-refractivity contribution < 1.29 is 4.42 Å². The van der Waals surface area contributed by atoms with Crippen molar-refractivity contribution >= 4 is 100 Å². The standard InChI is InChI=1S/C56H34N4OSi/c1-58-38-14-13-17-43(32-38)62(41-15-3-2-4-16-41,44-31-37(36-57)30-40(33-44)60-51-22-9-5-18-45(51)46-19-6-10-23-52(46)60)42-28-26-39(27-29-42)59-53-24-11-7-20-47(53)49-34-50-48-21-8-12-25-55(48)61-56(50)35-54(49)59/h2-35H. The molecule has 0 aliphatic heterocycles. The van der Waals surface area contributed by atoms with Gasteiger partial charge in [-0.1, -0.05) is 145 Å². The summed E-state index contributed by atoms with van der Waals surface area (Å²) in [6.07, 6.45) is 0. The van der Waals surface area contributed by atoms with Crippen LogP contribution in [0.1, 0.15) is 5.56 Å². The van der Waals surface area contributed by atoms with E-state index in [9.17, 15) is 5.26 Å². The molecule has 3 heterocycles. The van der Waals surface area contributed by atoms with E-state index in [0.29, 0.717) is 11.3 Å². The number of fused-ring (bicyclic) bond motifs is 9. The van der Waals surface area contributed by atoms with Crippen molar-refractivity contribution in [2.24, 2.45) is 0 Å². The van der Waals surface area contributed by atoms with Crippen molar-refractivity contribution in [3.8, 4) is 17.4 Å². The van der Waals surface area contributed by atoms with Gasteiger partial charge in [0.05, 0.1) is 40.3 Å². The Hall–Kier alpha value is -8.42. The maximum atomic E-state index is 10.8. The average Bonchev–Trinajstić information content (AvgIpc) is 3.99. The molecule has 0 bridgehead atoms. The van der Waals surface area contributed by atoms with Crippen LogP contribution in [-0.4, -0.2) is 17.2 Å². The van der Waals surface area contributed by atoms with E-state index in [0.717, 1.165) is 86.9 Å². The first-order chi connectivity index (χ1) is 30.6. The summed E-state index contributed by atoms with van der Waals surface area (Å²) >= 11 is 0. The Morgan fingerprint density at radius 3 is 1.68 bits per heavy atom. The lowest BCUT2D eigenvalue weighted by molar-refractivity contribution is 0.669. The van der Waals surface area contributed by atoms with Gasteiger partial charge in [-0.3, -0.25) is 0 Å². The lowest BCUT2D eigenvalue weighted by Gasteiger charge is -2.35. The lowest BCUT2D eigenvalue weighted by atomic mass is 10.1. The van der Waals surface area contributed by atoms with Crippen molar-refractivity contribution in [1.29, 1.82) is 5.26 Å². The zero-order valence-corrected chi connectivity index (χ0v) is 34.3. The molecule has 1 atom stereocenters. The first kappa shape index (κ1) is 35.5. The van der Waals surface area contributed by atoms with Gasteiger partial charge in [0.2, 0.25) is 0 Å². The van der Waals surface area contributed by atoms with Crippen LogP contribution in [0.15, 0.2) is 211 Å². The van der Waals surface area contributed by atoms with Gasteiger partial charge in [-0.15, -0.1) is 0 Å². The molecule has 0 saturated carbocycles. The number of rotatable bonds is 6. The highest BCUT2D eigenvalue weighted by Gasteiger charge is 2.42. The Kier molecular flexibility index (Phi) is 7.92. The van der Waals surface area contributed by atoms with Crippen LogP contribution in [0, 0.1) is 17.9 Å². The molecular weight excluding hydrogens is 773 g/mol. The van der Waals surface area contributed by atoms with Gasteiger partial charge in [-0.25, -0.2) is 4.85 Å². The van der Waals surface area contributed by atoms with E-state index in [1.807, 2.05) is 30.3 Å². The summed E-state index contributed by atoms with van der Waals surface area (Å²) < 4.78 is 11.1. The molecule has 0 N–H and O–H groups in total. The van der Waals surface area contributed by atoms with E-state index in [4.69, 9.17) is 11.0 Å². The summed E-state index contributed by atoms with van der Waals surface area (Å²) in [6, 6.07) is 75.0. The topological polar surface area (TPSA) is 51.1 Å². The van der Waals surface area contributed by atoms with Gasteiger partial charge >= 0.3 is 0 Å². The third kappa shape index (κ3) is 5.18. The second-order valence-electron chi connectivity index (χ2n) is 15.9. The Morgan fingerprint density at radius 1 is 0.419 bits per heavy atom. The molecule has 12 aromatic rings. The maximum Gasteiger partial charge on any atom is 0.187 e. The van der Waals surface area contributed by atoms with Crippen molar-refractivity contribution in [3.05, 3.63) is 223 Å². The van der Waals surface area contributed by atoms with E-state index >= 15 is 0 Å².